The van der Waals surface area contributed by atoms with E-state index in [0.29, 0.717) is 24.3 Å². The molecule has 39 heavy (non-hydrogen) atoms. The second kappa shape index (κ2) is 11.7. The Bertz CT molecular complexity index is 1410. The number of piperazine rings is 1. The minimum absolute atomic E-state index is 0.0646. The van der Waals surface area contributed by atoms with Gasteiger partial charge in [0.15, 0.2) is 0 Å². The molecule has 7 nitrogen and oxygen atoms in total. The summed E-state index contributed by atoms with van der Waals surface area (Å²) in [6.07, 6.45) is -4.32. The molecule has 3 aromatic carbocycles. The number of nitrogens with one attached hydrogen (secondary N) is 1. The van der Waals surface area contributed by atoms with Crippen molar-refractivity contribution in [1.82, 2.24) is 9.62 Å². The molecule has 0 radical (unpaired) electrons. The number of amides is 1. The molecule has 1 aliphatic rings. The highest BCUT2D eigenvalue weighted by Gasteiger charge is 2.34. The van der Waals surface area contributed by atoms with Gasteiger partial charge in [-0.2, -0.15) is 17.9 Å². The summed E-state index contributed by atoms with van der Waals surface area (Å²) < 4.78 is 74.2. The molecule has 208 valence electrons. The topological polar surface area (TPSA) is 78.9 Å². The molecule has 0 saturated carbocycles. The third-order valence-electron chi connectivity index (χ3n) is 6.62. The zero-order valence-corrected chi connectivity index (χ0v) is 22.4. The van der Waals surface area contributed by atoms with E-state index in [1.165, 1.54) is 19.2 Å². The lowest BCUT2D eigenvalue weighted by Gasteiger charge is -2.38. The molecule has 1 unspecified atom stereocenters. The normalized spacial score (nSPS) is 15.2. The second-order valence-corrected chi connectivity index (χ2v) is 11.1. The molecule has 3 aromatic rings. The van der Waals surface area contributed by atoms with Crippen molar-refractivity contribution >= 4 is 21.6 Å². The number of carbonyl (C=O) groups excluding carboxylic acids is 1. The number of carbonyl (C=O) groups is 1. The van der Waals surface area contributed by atoms with E-state index in [9.17, 15) is 26.4 Å². The van der Waals surface area contributed by atoms with Crippen LogP contribution in [0.15, 0.2) is 77.7 Å². The standard InChI is InChI=1S/C28H30F3N3O4S/c1-20-11-12-25(38-2)26(17-20)39(36,37)32-24(18-21-7-4-3-5-8-21)27(35)34-15-13-33(14-16-34)23-10-6-9-22(19-23)28(29,30)31/h3-12,17,19,24,32H,13-16,18H2,1-2H3. The average Bonchev–Trinajstić information content (AvgIpc) is 2.92. The van der Waals surface area contributed by atoms with Crippen LogP contribution in [0.5, 0.6) is 5.75 Å². The summed E-state index contributed by atoms with van der Waals surface area (Å²) in [7, 11) is -2.77. The van der Waals surface area contributed by atoms with E-state index in [4.69, 9.17) is 4.74 Å². The highest BCUT2D eigenvalue weighted by atomic mass is 32.2. The van der Waals surface area contributed by atoms with Crippen molar-refractivity contribution in [3.8, 4) is 5.75 Å². The maximum absolute atomic E-state index is 13.7. The molecule has 0 bridgehead atoms. The number of hydrogen-bond donors (Lipinski definition) is 1. The molecule has 1 heterocycles. The van der Waals surface area contributed by atoms with Gasteiger partial charge in [0, 0.05) is 31.9 Å². The first-order chi connectivity index (χ1) is 18.5. The van der Waals surface area contributed by atoms with E-state index in [-0.39, 0.29) is 30.2 Å². The molecular formula is C28H30F3N3O4S. The molecule has 1 amide bonds. The fourth-order valence-electron chi connectivity index (χ4n) is 4.56. The van der Waals surface area contributed by atoms with Crippen molar-refractivity contribution in [2.75, 3.05) is 38.2 Å². The number of hydrogen-bond acceptors (Lipinski definition) is 5. The minimum atomic E-state index is -4.45. The van der Waals surface area contributed by atoms with Crippen LogP contribution in [-0.2, 0) is 27.4 Å². The SMILES string of the molecule is COc1ccc(C)cc1S(=O)(=O)NC(Cc1ccccc1)C(=O)N1CCN(c2cccc(C(F)(F)F)c2)CC1. The number of aryl methyl sites for hydroxylation is 1. The zero-order valence-electron chi connectivity index (χ0n) is 21.6. The maximum Gasteiger partial charge on any atom is 0.416 e. The summed E-state index contributed by atoms with van der Waals surface area (Å²) in [5.41, 5.74) is 1.18. The predicted molar refractivity (Wildman–Crippen MR) is 142 cm³/mol. The van der Waals surface area contributed by atoms with Crippen molar-refractivity contribution in [3.63, 3.8) is 0 Å². The number of nitrogens with zero attached hydrogens (tertiary/aromatic N) is 2. The van der Waals surface area contributed by atoms with E-state index in [1.54, 1.807) is 34.9 Å². The van der Waals surface area contributed by atoms with Crippen LogP contribution in [0.2, 0.25) is 0 Å². The van der Waals surface area contributed by atoms with Crippen molar-refractivity contribution in [1.29, 1.82) is 0 Å². The lowest BCUT2D eigenvalue weighted by molar-refractivity contribution is -0.137. The molecule has 11 heteroatoms. The monoisotopic (exact) mass is 561 g/mol. The maximum atomic E-state index is 13.7. The first-order valence-electron chi connectivity index (χ1n) is 12.4. The first-order valence-corrected chi connectivity index (χ1v) is 13.9. The van der Waals surface area contributed by atoms with Crippen LogP contribution in [0.1, 0.15) is 16.7 Å². The van der Waals surface area contributed by atoms with Gasteiger partial charge in [0.25, 0.3) is 0 Å². The van der Waals surface area contributed by atoms with Crippen LogP contribution in [0.4, 0.5) is 18.9 Å². The summed E-state index contributed by atoms with van der Waals surface area (Å²) in [5, 5.41) is 0. The molecule has 4 rings (SSSR count). The van der Waals surface area contributed by atoms with Crippen LogP contribution in [0, 0.1) is 6.92 Å². The third kappa shape index (κ3) is 6.90. The molecule has 0 spiro atoms. The number of benzene rings is 3. The van der Waals surface area contributed by atoms with Gasteiger partial charge in [-0.3, -0.25) is 4.79 Å². The Labute approximate surface area is 226 Å². The lowest BCUT2D eigenvalue weighted by Crippen LogP contribution is -2.55. The lowest BCUT2D eigenvalue weighted by atomic mass is 10.1. The highest BCUT2D eigenvalue weighted by molar-refractivity contribution is 7.89. The summed E-state index contributed by atoms with van der Waals surface area (Å²) in [4.78, 5) is 16.9. The Balaban J connectivity index is 1.54. The van der Waals surface area contributed by atoms with Gasteiger partial charge in [0.2, 0.25) is 15.9 Å². The second-order valence-electron chi connectivity index (χ2n) is 9.38. The minimum Gasteiger partial charge on any atom is -0.495 e. The molecule has 1 N–H and O–H groups in total. The van der Waals surface area contributed by atoms with Crippen LogP contribution in [0.3, 0.4) is 0 Å². The number of sulfonamides is 1. The van der Waals surface area contributed by atoms with Gasteiger partial charge in [0.1, 0.15) is 16.7 Å². The molecule has 1 fully saturated rings. The summed E-state index contributed by atoms with van der Waals surface area (Å²) >= 11 is 0. The van der Waals surface area contributed by atoms with Crippen molar-refractivity contribution in [3.05, 3.63) is 89.5 Å². The van der Waals surface area contributed by atoms with Crippen LogP contribution >= 0.6 is 0 Å². The molecule has 1 saturated heterocycles. The Morgan fingerprint density at radius 2 is 1.67 bits per heavy atom. The number of alkyl halides is 3. The van der Waals surface area contributed by atoms with E-state index in [2.05, 4.69) is 4.72 Å². The fraction of sp³-hybridized carbons (Fsp3) is 0.321. The van der Waals surface area contributed by atoms with Gasteiger partial charge in [-0.05, 0) is 54.8 Å². The molecule has 1 atom stereocenters. The van der Waals surface area contributed by atoms with E-state index in [0.717, 1.165) is 17.7 Å². The molecule has 0 aromatic heterocycles. The van der Waals surface area contributed by atoms with Crippen LogP contribution < -0.4 is 14.4 Å². The van der Waals surface area contributed by atoms with Crippen molar-refractivity contribution < 1.29 is 31.1 Å². The number of halogens is 3. The number of ether oxygens (including phenoxy) is 1. The summed E-state index contributed by atoms with van der Waals surface area (Å²) in [6.45, 7) is 2.84. The first kappa shape index (κ1) is 28.4. The van der Waals surface area contributed by atoms with Gasteiger partial charge in [-0.1, -0.05) is 42.5 Å². The Morgan fingerprint density at radius 1 is 0.974 bits per heavy atom. The summed E-state index contributed by atoms with van der Waals surface area (Å²) in [6, 6.07) is 17.8. The van der Waals surface area contributed by atoms with E-state index < -0.39 is 33.7 Å². The van der Waals surface area contributed by atoms with Crippen LogP contribution in [0.25, 0.3) is 0 Å². The third-order valence-corrected chi connectivity index (χ3v) is 8.11. The smallest absolute Gasteiger partial charge is 0.416 e. The van der Waals surface area contributed by atoms with Gasteiger partial charge in [0.05, 0.1) is 12.7 Å². The molecule has 0 aliphatic carbocycles. The average molecular weight is 562 g/mol. The number of rotatable bonds is 8. The van der Waals surface area contributed by atoms with Gasteiger partial charge in [-0.15, -0.1) is 0 Å². The van der Waals surface area contributed by atoms with Crippen LogP contribution in [-0.4, -0.2) is 58.6 Å². The Kier molecular flexibility index (Phi) is 8.51. The van der Waals surface area contributed by atoms with E-state index in [1.807, 2.05) is 30.3 Å². The van der Waals surface area contributed by atoms with E-state index >= 15 is 0 Å². The summed E-state index contributed by atoms with van der Waals surface area (Å²) in [5.74, 6) is -0.244. The Morgan fingerprint density at radius 3 is 2.31 bits per heavy atom. The largest absolute Gasteiger partial charge is 0.495 e. The molecule has 1 aliphatic heterocycles. The molecular weight excluding hydrogens is 531 g/mol. The highest BCUT2D eigenvalue weighted by Crippen LogP contribution is 2.32. The predicted octanol–water partition coefficient (Wildman–Crippen LogP) is 4.26. The van der Waals surface area contributed by atoms with Gasteiger partial charge in [-0.25, -0.2) is 8.42 Å². The fourth-order valence-corrected chi connectivity index (χ4v) is 6.00. The van der Waals surface area contributed by atoms with Gasteiger partial charge >= 0.3 is 6.18 Å². The number of methoxy groups -OCH3 is 1. The van der Waals surface area contributed by atoms with Crippen molar-refractivity contribution in [2.24, 2.45) is 0 Å². The number of anilines is 1. The van der Waals surface area contributed by atoms with Gasteiger partial charge < -0.3 is 14.5 Å². The quantitative estimate of drug-likeness (QED) is 0.445. The Hall–Kier alpha value is -3.57. The van der Waals surface area contributed by atoms with Crippen molar-refractivity contribution in [2.45, 2.75) is 30.5 Å². The zero-order chi connectivity index (χ0) is 28.2.